The molecule has 0 aromatic rings. The second-order valence-electron chi connectivity index (χ2n) is 6.30. The first kappa shape index (κ1) is 23.3. The molecule has 0 aliphatic rings. The molecule has 0 aliphatic heterocycles. The molecular formula is C21H44. The van der Waals surface area contributed by atoms with Crippen LogP contribution in [-0.4, -0.2) is 0 Å². The Morgan fingerprint density at radius 1 is 0.381 bits per heavy atom. The third-order valence-electron chi connectivity index (χ3n) is 3.96. The van der Waals surface area contributed by atoms with Crippen LogP contribution in [0, 0.1) is 13.8 Å². The highest BCUT2D eigenvalue weighted by atomic mass is 14.0. The third-order valence-corrected chi connectivity index (χ3v) is 3.96. The molecule has 0 saturated carbocycles. The number of hydrogen-bond acceptors (Lipinski definition) is 0. The SMILES string of the molecule is [CH2]CCCCCCCCC.[CH2]CCCCCCCCCC. The second kappa shape index (κ2) is 25.0. The van der Waals surface area contributed by atoms with Crippen molar-refractivity contribution in [1.29, 1.82) is 0 Å². The van der Waals surface area contributed by atoms with E-state index in [1.54, 1.807) is 0 Å². The van der Waals surface area contributed by atoms with E-state index in [4.69, 9.17) is 0 Å². The van der Waals surface area contributed by atoms with Crippen molar-refractivity contribution in [1.82, 2.24) is 0 Å². The topological polar surface area (TPSA) is 0 Å². The summed E-state index contributed by atoms with van der Waals surface area (Å²) in [6, 6.07) is 0. The normalized spacial score (nSPS) is 10.3. The average molecular weight is 297 g/mol. The van der Waals surface area contributed by atoms with Crippen LogP contribution in [0.5, 0.6) is 0 Å². The molecule has 0 rings (SSSR count). The molecule has 128 valence electrons. The summed E-state index contributed by atoms with van der Waals surface area (Å²) >= 11 is 0. The lowest BCUT2D eigenvalue weighted by atomic mass is 10.1. The lowest BCUT2D eigenvalue weighted by molar-refractivity contribution is 0.577. The molecule has 0 spiro atoms. The molecule has 0 bridgehead atoms. The van der Waals surface area contributed by atoms with Crippen molar-refractivity contribution in [3.8, 4) is 0 Å². The predicted octanol–water partition coefficient (Wildman–Crippen LogP) is 8.31. The molecule has 0 nitrogen and oxygen atoms in total. The second-order valence-corrected chi connectivity index (χ2v) is 6.30. The monoisotopic (exact) mass is 296 g/mol. The molecule has 0 aromatic carbocycles. The Morgan fingerprint density at radius 3 is 0.857 bits per heavy atom. The van der Waals surface area contributed by atoms with Crippen LogP contribution in [0.4, 0.5) is 0 Å². The Kier molecular flexibility index (Phi) is 27.7. The zero-order valence-electron chi connectivity index (χ0n) is 15.4. The van der Waals surface area contributed by atoms with Gasteiger partial charge < -0.3 is 0 Å². The van der Waals surface area contributed by atoms with Crippen molar-refractivity contribution in [3.63, 3.8) is 0 Å². The fraction of sp³-hybridized carbons (Fsp3) is 0.905. The molecule has 0 heteroatoms. The van der Waals surface area contributed by atoms with Crippen LogP contribution in [0.2, 0.25) is 0 Å². The summed E-state index contributed by atoms with van der Waals surface area (Å²) in [5.74, 6) is 0. The minimum atomic E-state index is 1.12. The lowest BCUT2D eigenvalue weighted by Gasteiger charge is -1.98. The molecule has 0 aliphatic carbocycles. The minimum absolute atomic E-state index is 1.12. The highest BCUT2D eigenvalue weighted by Crippen LogP contribution is 2.09. The van der Waals surface area contributed by atoms with E-state index in [0.717, 1.165) is 12.8 Å². The van der Waals surface area contributed by atoms with Gasteiger partial charge in [-0.1, -0.05) is 137 Å². The van der Waals surface area contributed by atoms with Gasteiger partial charge >= 0.3 is 0 Å². The smallest absolute Gasteiger partial charge is 0.0533 e. The van der Waals surface area contributed by atoms with Gasteiger partial charge in [-0.2, -0.15) is 0 Å². The zero-order valence-corrected chi connectivity index (χ0v) is 15.4. The first-order valence-corrected chi connectivity index (χ1v) is 9.91. The van der Waals surface area contributed by atoms with E-state index in [1.807, 2.05) is 0 Å². The van der Waals surface area contributed by atoms with Gasteiger partial charge in [0, 0.05) is 0 Å². The van der Waals surface area contributed by atoms with Crippen molar-refractivity contribution >= 4 is 0 Å². The molecule has 0 aromatic heterocycles. The van der Waals surface area contributed by atoms with Gasteiger partial charge in [-0.25, -0.2) is 0 Å². The van der Waals surface area contributed by atoms with Crippen molar-refractivity contribution in [2.45, 2.75) is 123 Å². The number of rotatable bonds is 15. The van der Waals surface area contributed by atoms with Gasteiger partial charge in [0.1, 0.15) is 0 Å². The first-order chi connectivity index (χ1) is 10.3. The maximum Gasteiger partial charge on any atom is -0.0533 e. The first-order valence-electron chi connectivity index (χ1n) is 9.91. The average Bonchev–Trinajstić information content (AvgIpc) is 2.51. The van der Waals surface area contributed by atoms with Gasteiger partial charge in [-0.3, -0.25) is 0 Å². The van der Waals surface area contributed by atoms with Gasteiger partial charge in [0.15, 0.2) is 0 Å². The zero-order chi connectivity index (χ0) is 16.0. The summed E-state index contributed by atoms with van der Waals surface area (Å²) in [5, 5.41) is 0. The van der Waals surface area contributed by atoms with Gasteiger partial charge in [0.05, 0.1) is 0 Å². The predicted molar refractivity (Wildman–Crippen MR) is 101 cm³/mol. The van der Waals surface area contributed by atoms with Crippen molar-refractivity contribution in [2.75, 3.05) is 0 Å². The largest absolute Gasteiger partial charge is 0.0654 e. The van der Waals surface area contributed by atoms with Gasteiger partial charge in [-0.05, 0) is 0 Å². The summed E-state index contributed by atoms with van der Waals surface area (Å²) in [5.41, 5.74) is 0. The summed E-state index contributed by atoms with van der Waals surface area (Å²) in [4.78, 5) is 0. The number of unbranched alkanes of at least 4 members (excludes halogenated alkanes) is 15. The maximum absolute atomic E-state index is 3.83. The molecule has 0 unspecified atom stereocenters. The lowest BCUT2D eigenvalue weighted by Crippen LogP contribution is -1.79. The minimum Gasteiger partial charge on any atom is -0.0654 e. The molecule has 0 heterocycles. The summed E-state index contributed by atoms with van der Waals surface area (Å²) in [7, 11) is 0. The third kappa shape index (κ3) is 28.8. The fourth-order valence-electron chi connectivity index (χ4n) is 2.44. The van der Waals surface area contributed by atoms with Crippen molar-refractivity contribution in [2.24, 2.45) is 0 Å². The molecule has 0 fully saturated rings. The summed E-state index contributed by atoms with van der Waals surface area (Å²) in [6.45, 7) is 12.2. The van der Waals surface area contributed by atoms with Crippen LogP contribution in [0.1, 0.15) is 123 Å². The Morgan fingerprint density at radius 2 is 0.619 bits per heavy atom. The maximum atomic E-state index is 3.83. The Hall–Kier alpha value is 0. The van der Waals surface area contributed by atoms with Crippen LogP contribution >= 0.6 is 0 Å². The van der Waals surface area contributed by atoms with Crippen LogP contribution < -0.4 is 0 Å². The van der Waals surface area contributed by atoms with Gasteiger partial charge in [0.2, 0.25) is 0 Å². The number of hydrogen-bond donors (Lipinski definition) is 0. The highest BCUT2D eigenvalue weighted by molar-refractivity contribution is 4.47. The van der Waals surface area contributed by atoms with E-state index >= 15 is 0 Å². The Bertz CT molecular complexity index is 123. The molecule has 2 radical (unpaired) electrons. The molecule has 0 N–H and O–H groups in total. The Balaban J connectivity index is 0. The van der Waals surface area contributed by atoms with Crippen molar-refractivity contribution in [3.05, 3.63) is 13.8 Å². The molecular weight excluding hydrogens is 252 g/mol. The van der Waals surface area contributed by atoms with Crippen LogP contribution in [0.25, 0.3) is 0 Å². The van der Waals surface area contributed by atoms with E-state index in [1.165, 1.54) is 96.3 Å². The molecule has 0 amide bonds. The molecule has 0 atom stereocenters. The van der Waals surface area contributed by atoms with E-state index in [0.29, 0.717) is 0 Å². The molecule has 21 heavy (non-hydrogen) atoms. The van der Waals surface area contributed by atoms with E-state index < -0.39 is 0 Å². The van der Waals surface area contributed by atoms with E-state index in [9.17, 15) is 0 Å². The fourth-order valence-corrected chi connectivity index (χ4v) is 2.44. The summed E-state index contributed by atoms with van der Waals surface area (Å²) in [6.07, 6.45) is 23.3. The van der Waals surface area contributed by atoms with E-state index in [2.05, 4.69) is 27.7 Å². The van der Waals surface area contributed by atoms with Crippen LogP contribution in [0.15, 0.2) is 0 Å². The quantitative estimate of drug-likeness (QED) is 0.266. The summed E-state index contributed by atoms with van der Waals surface area (Å²) < 4.78 is 0. The molecule has 0 saturated heterocycles. The van der Waals surface area contributed by atoms with Crippen molar-refractivity contribution < 1.29 is 0 Å². The van der Waals surface area contributed by atoms with Gasteiger partial charge in [-0.15, -0.1) is 0 Å². The Labute approximate surface area is 137 Å². The van der Waals surface area contributed by atoms with Crippen LogP contribution in [-0.2, 0) is 0 Å². The highest BCUT2D eigenvalue weighted by Gasteiger charge is 1.89. The standard InChI is InChI=1S/C11H23.C10H21/c1-3-5-7-9-11-10-8-6-4-2;1-3-5-7-9-10-8-6-4-2/h1,3-11H2,2H3;1,3-10H2,2H3. The van der Waals surface area contributed by atoms with Gasteiger partial charge in [0.25, 0.3) is 0 Å². The van der Waals surface area contributed by atoms with Crippen LogP contribution in [0.3, 0.4) is 0 Å². The van der Waals surface area contributed by atoms with E-state index in [-0.39, 0.29) is 0 Å².